The van der Waals surface area contributed by atoms with Crippen LogP contribution < -0.4 is 9.80 Å². The number of hydrogen-bond donors (Lipinski definition) is 1. The summed E-state index contributed by atoms with van der Waals surface area (Å²) in [6, 6.07) is 9.77. The van der Waals surface area contributed by atoms with Crippen molar-refractivity contribution in [1.29, 1.82) is 0 Å². The van der Waals surface area contributed by atoms with Crippen molar-refractivity contribution in [3.63, 3.8) is 0 Å². The number of hydrogen-bond acceptors (Lipinski definition) is 3. The zero-order chi connectivity index (χ0) is 20.3. The minimum atomic E-state index is -0.745. The summed E-state index contributed by atoms with van der Waals surface area (Å²) in [6.45, 7) is 0.729. The summed E-state index contributed by atoms with van der Waals surface area (Å²) < 4.78 is 26.6. The number of ketones is 1. The highest BCUT2D eigenvalue weighted by atomic mass is 19.1. The number of Topliss-reactive ketones (excluding diaryl/α,β-unsaturated/α-hetero) is 1. The van der Waals surface area contributed by atoms with Crippen molar-refractivity contribution in [2.24, 2.45) is 11.8 Å². The molecule has 148 valence electrons. The molecule has 1 N–H and O–H groups in total. The van der Waals surface area contributed by atoms with Crippen molar-refractivity contribution in [2.75, 3.05) is 11.4 Å². The number of rotatable bonds is 3. The summed E-state index contributed by atoms with van der Waals surface area (Å²) in [6.07, 6.45) is 1.66. The van der Waals surface area contributed by atoms with Gasteiger partial charge in [-0.05, 0) is 48.5 Å². The fourth-order valence-corrected chi connectivity index (χ4v) is 5.38. The number of imide groups is 1. The van der Waals surface area contributed by atoms with Crippen LogP contribution >= 0.6 is 0 Å². The van der Waals surface area contributed by atoms with Crippen LogP contribution in [0.4, 0.5) is 14.5 Å². The van der Waals surface area contributed by atoms with Crippen molar-refractivity contribution in [3.8, 4) is 0 Å². The van der Waals surface area contributed by atoms with Gasteiger partial charge < -0.3 is 4.90 Å². The third-order valence-electron chi connectivity index (χ3n) is 6.54. The molecule has 5 rings (SSSR count). The van der Waals surface area contributed by atoms with Crippen LogP contribution in [-0.4, -0.2) is 36.2 Å². The lowest BCUT2D eigenvalue weighted by Gasteiger charge is -2.25. The number of nitrogens with one attached hydrogen (secondary N) is 1. The largest absolute Gasteiger partial charge is 0.322 e. The predicted octanol–water partition coefficient (Wildman–Crippen LogP) is 1.38. The topological polar surface area (TPSA) is 58.9 Å². The SMILES string of the molecule is O=C(c1ccc(F)cc1)[C@H]1[C@H]2C(=O)N(c3ccc(F)cc3)C(=O)[C@@H]2[C@H]2CCC[NH+]21. The van der Waals surface area contributed by atoms with E-state index in [1.165, 1.54) is 48.5 Å². The van der Waals surface area contributed by atoms with Gasteiger partial charge in [-0.2, -0.15) is 0 Å². The van der Waals surface area contributed by atoms with Gasteiger partial charge in [-0.3, -0.25) is 14.4 Å². The Labute approximate surface area is 165 Å². The number of anilines is 1. The third-order valence-corrected chi connectivity index (χ3v) is 6.54. The zero-order valence-corrected chi connectivity index (χ0v) is 15.5. The molecule has 0 bridgehead atoms. The van der Waals surface area contributed by atoms with Gasteiger partial charge >= 0.3 is 0 Å². The van der Waals surface area contributed by atoms with E-state index >= 15 is 0 Å². The van der Waals surface area contributed by atoms with E-state index in [1.807, 2.05) is 0 Å². The first-order valence-corrected chi connectivity index (χ1v) is 9.76. The van der Waals surface area contributed by atoms with Gasteiger partial charge in [0.05, 0.1) is 12.2 Å². The normalized spacial score (nSPS) is 30.6. The Hall–Kier alpha value is -2.93. The molecule has 3 aliphatic rings. The molecule has 0 radical (unpaired) electrons. The van der Waals surface area contributed by atoms with Crippen LogP contribution in [0.1, 0.15) is 23.2 Å². The highest BCUT2D eigenvalue weighted by Gasteiger charge is 2.68. The van der Waals surface area contributed by atoms with Crippen molar-refractivity contribution >= 4 is 23.3 Å². The quantitative estimate of drug-likeness (QED) is 0.629. The number of amides is 2. The van der Waals surface area contributed by atoms with E-state index in [9.17, 15) is 23.2 Å². The van der Waals surface area contributed by atoms with Crippen molar-refractivity contribution in [2.45, 2.75) is 24.9 Å². The third kappa shape index (κ3) is 2.64. The maximum Gasteiger partial charge on any atom is 0.244 e. The minimum Gasteiger partial charge on any atom is -0.322 e. The number of carbonyl (C=O) groups is 3. The maximum absolute atomic E-state index is 13.3. The molecule has 5 atom stereocenters. The first-order chi connectivity index (χ1) is 14.0. The molecule has 2 aromatic rings. The summed E-state index contributed by atoms with van der Waals surface area (Å²) >= 11 is 0. The maximum atomic E-state index is 13.3. The van der Waals surface area contributed by atoms with Gasteiger partial charge in [-0.1, -0.05) is 0 Å². The molecule has 29 heavy (non-hydrogen) atoms. The number of quaternary nitrogens is 1. The van der Waals surface area contributed by atoms with Crippen molar-refractivity contribution in [3.05, 3.63) is 65.7 Å². The van der Waals surface area contributed by atoms with Gasteiger partial charge in [0.2, 0.25) is 17.6 Å². The van der Waals surface area contributed by atoms with Crippen LogP contribution in [0, 0.1) is 23.5 Å². The molecule has 0 aliphatic carbocycles. The molecule has 0 aromatic heterocycles. The summed E-state index contributed by atoms with van der Waals surface area (Å²) in [5.74, 6) is -3.15. The van der Waals surface area contributed by atoms with E-state index < -0.39 is 35.4 Å². The van der Waals surface area contributed by atoms with Crippen molar-refractivity contribution in [1.82, 2.24) is 0 Å². The molecule has 3 aliphatic heterocycles. The van der Waals surface area contributed by atoms with Gasteiger partial charge in [-0.25, -0.2) is 13.7 Å². The molecular formula is C22H19F2N2O3+. The van der Waals surface area contributed by atoms with Crippen molar-refractivity contribution < 1.29 is 28.1 Å². The van der Waals surface area contributed by atoms with Crippen LogP contribution in [0.25, 0.3) is 0 Å². The lowest BCUT2D eigenvalue weighted by atomic mass is 9.85. The fourth-order valence-electron chi connectivity index (χ4n) is 5.38. The first-order valence-electron chi connectivity index (χ1n) is 9.76. The van der Waals surface area contributed by atoms with Crippen LogP contribution in [0.3, 0.4) is 0 Å². The summed E-state index contributed by atoms with van der Waals surface area (Å²) in [5, 5.41) is 0. The minimum absolute atomic E-state index is 0.0868. The van der Waals surface area contributed by atoms with Crippen LogP contribution in [-0.2, 0) is 9.59 Å². The van der Waals surface area contributed by atoms with E-state index in [-0.39, 0.29) is 17.7 Å². The van der Waals surface area contributed by atoms with E-state index in [4.69, 9.17) is 0 Å². The molecule has 3 saturated heterocycles. The first kappa shape index (κ1) is 18.1. The number of carbonyl (C=O) groups excluding carboxylic acids is 3. The Morgan fingerprint density at radius 1 is 0.897 bits per heavy atom. The molecular weight excluding hydrogens is 378 g/mol. The van der Waals surface area contributed by atoms with E-state index in [0.717, 1.165) is 29.2 Å². The van der Waals surface area contributed by atoms with E-state index in [0.29, 0.717) is 11.3 Å². The highest BCUT2D eigenvalue weighted by molar-refractivity contribution is 6.24. The average Bonchev–Trinajstić information content (AvgIpc) is 3.35. The molecule has 2 amide bonds. The zero-order valence-electron chi connectivity index (χ0n) is 15.5. The standard InChI is InChI=1S/C22H18F2N2O3/c23-13-5-3-12(4-6-13)20(27)19-18-17(16-2-1-11-25(16)19)21(28)26(22(18)29)15-9-7-14(24)8-10-15/h3-10,16-19H,1-2,11H2/p+1/t16-,17-,18+,19-/m1/s1. The van der Waals surface area contributed by atoms with Gasteiger partial charge in [0.25, 0.3) is 0 Å². The monoisotopic (exact) mass is 397 g/mol. The lowest BCUT2D eigenvalue weighted by Crippen LogP contribution is -3.16. The molecule has 7 heteroatoms. The number of nitrogens with zero attached hydrogens (tertiary/aromatic N) is 1. The van der Waals surface area contributed by atoms with Gasteiger partial charge in [-0.15, -0.1) is 0 Å². The Morgan fingerprint density at radius 3 is 2.14 bits per heavy atom. The average molecular weight is 397 g/mol. The van der Waals surface area contributed by atoms with E-state index in [1.54, 1.807) is 0 Å². The second-order valence-corrected chi connectivity index (χ2v) is 7.96. The Bertz CT molecular complexity index is 1010. The summed E-state index contributed by atoms with van der Waals surface area (Å²) in [5.41, 5.74) is 0.666. The number of fused-ring (bicyclic) bond motifs is 3. The fraction of sp³-hybridized carbons (Fsp3) is 0.318. The van der Waals surface area contributed by atoms with Crippen LogP contribution in [0.5, 0.6) is 0 Å². The molecule has 1 unspecified atom stereocenters. The van der Waals surface area contributed by atoms with Gasteiger partial charge in [0, 0.05) is 18.4 Å². The molecule has 2 aromatic carbocycles. The number of halogens is 2. The smallest absolute Gasteiger partial charge is 0.244 e. The van der Waals surface area contributed by atoms with Crippen LogP contribution in [0.15, 0.2) is 48.5 Å². The second kappa shape index (κ2) is 6.56. The Morgan fingerprint density at radius 2 is 1.48 bits per heavy atom. The Balaban J connectivity index is 1.54. The highest BCUT2D eigenvalue weighted by Crippen LogP contribution is 2.40. The molecule has 0 spiro atoms. The molecule has 3 heterocycles. The van der Waals surface area contributed by atoms with E-state index in [2.05, 4.69) is 0 Å². The second-order valence-electron chi connectivity index (χ2n) is 7.96. The van der Waals surface area contributed by atoms with Crippen LogP contribution in [0.2, 0.25) is 0 Å². The Kier molecular flexibility index (Phi) is 4.10. The van der Waals surface area contributed by atoms with Gasteiger partial charge in [0.15, 0.2) is 6.04 Å². The summed E-state index contributed by atoms with van der Waals surface area (Å²) in [7, 11) is 0. The molecule has 0 saturated carbocycles. The lowest BCUT2D eigenvalue weighted by molar-refractivity contribution is -0.915. The number of benzene rings is 2. The summed E-state index contributed by atoms with van der Waals surface area (Å²) in [4.78, 5) is 41.9. The predicted molar refractivity (Wildman–Crippen MR) is 99.2 cm³/mol. The molecule has 3 fully saturated rings. The van der Waals surface area contributed by atoms with Gasteiger partial charge in [0.1, 0.15) is 29.5 Å². The molecule has 5 nitrogen and oxygen atoms in total.